The number of alkyl halides is 4. The Kier molecular flexibility index (Phi) is 7.84. The summed E-state index contributed by atoms with van der Waals surface area (Å²) in [6.07, 6.45) is -0.520. The van der Waals surface area contributed by atoms with Gasteiger partial charge in [0.15, 0.2) is 0 Å². The van der Waals surface area contributed by atoms with Crippen molar-refractivity contribution in [3.8, 4) is 11.1 Å². The van der Waals surface area contributed by atoms with Crippen LogP contribution in [0.15, 0.2) is 73.1 Å². The molecule has 4 rings (SSSR count). The topological polar surface area (TPSA) is 39.6 Å². The molecule has 2 heterocycles. The summed E-state index contributed by atoms with van der Waals surface area (Å²) in [5, 5.41) is 9.76. The second-order valence-corrected chi connectivity index (χ2v) is 8.99. The number of halogens is 4. The molecule has 1 aliphatic heterocycles. The van der Waals surface area contributed by atoms with E-state index in [1.807, 2.05) is 36.7 Å². The van der Waals surface area contributed by atoms with E-state index < -0.39 is 24.0 Å². The quantitative estimate of drug-likeness (QED) is 0.462. The van der Waals surface area contributed by atoms with Crippen LogP contribution in [0.25, 0.3) is 11.1 Å². The first kappa shape index (κ1) is 25.3. The van der Waals surface area contributed by atoms with Gasteiger partial charge in [-0.1, -0.05) is 48.5 Å². The van der Waals surface area contributed by atoms with E-state index in [2.05, 4.69) is 26.9 Å². The number of hydrogen-bond donors (Lipinski definition) is 1. The Morgan fingerprint density at radius 1 is 0.743 bits per heavy atom. The van der Waals surface area contributed by atoms with Crippen molar-refractivity contribution in [3.63, 3.8) is 0 Å². The number of benzene rings is 2. The van der Waals surface area contributed by atoms with E-state index in [0.29, 0.717) is 5.56 Å². The minimum atomic E-state index is -5.09. The number of pyridine rings is 1. The predicted octanol–water partition coefficient (Wildman–Crippen LogP) is 4.83. The summed E-state index contributed by atoms with van der Waals surface area (Å²) in [7, 11) is 0. The van der Waals surface area contributed by atoms with Crippen molar-refractivity contribution in [1.82, 2.24) is 14.8 Å². The second kappa shape index (κ2) is 10.8. The van der Waals surface area contributed by atoms with Crippen molar-refractivity contribution < 1.29 is 22.7 Å². The van der Waals surface area contributed by atoms with Crippen LogP contribution in [0.3, 0.4) is 0 Å². The average molecular weight is 488 g/mol. The Morgan fingerprint density at radius 2 is 1.29 bits per heavy atom. The maximum absolute atomic E-state index is 13.1. The van der Waals surface area contributed by atoms with Crippen molar-refractivity contribution >= 4 is 0 Å². The molecule has 0 saturated carbocycles. The summed E-state index contributed by atoms with van der Waals surface area (Å²) in [4.78, 5) is 8.98. The van der Waals surface area contributed by atoms with Gasteiger partial charge in [0.05, 0.1) is 0 Å². The van der Waals surface area contributed by atoms with Gasteiger partial charge >= 0.3 is 6.18 Å². The molecule has 1 aromatic heterocycles. The molecule has 1 atom stereocenters. The van der Waals surface area contributed by atoms with Gasteiger partial charge in [0.2, 0.25) is 5.60 Å². The first-order valence-electron chi connectivity index (χ1n) is 11.7. The summed E-state index contributed by atoms with van der Waals surface area (Å²) in [5.41, 5.74) is 0.0264. The molecular formula is C27H29F4N3O. The fraction of sp³-hybridized carbons (Fsp3) is 0.370. The lowest BCUT2D eigenvalue weighted by molar-refractivity contribution is -0.271. The monoisotopic (exact) mass is 487 g/mol. The molecule has 1 fully saturated rings. The van der Waals surface area contributed by atoms with Gasteiger partial charge in [-0.3, -0.25) is 9.88 Å². The van der Waals surface area contributed by atoms with Gasteiger partial charge in [0.25, 0.3) is 0 Å². The molecule has 0 spiro atoms. The van der Waals surface area contributed by atoms with Crippen LogP contribution in [0.4, 0.5) is 17.6 Å². The Balaban J connectivity index is 1.28. The van der Waals surface area contributed by atoms with E-state index in [0.717, 1.165) is 63.4 Å². The maximum atomic E-state index is 13.1. The molecule has 35 heavy (non-hydrogen) atoms. The van der Waals surface area contributed by atoms with Crippen molar-refractivity contribution in [1.29, 1.82) is 0 Å². The van der Waals surface area contributed by atoms with E-state index >= 15 is 0 Å². The molecule has 1 unspecified atom stereocenters. The third-order valence-corrected chi connectivity index (χ3v) is 6.65. The molecule has 0 amide bonds. The highest BCUT2D eigenvalue weighted by Crippen LogP contribution is 2.39. The van der Waals surface area contributed by atoms with E-state index in [1.54, 1.807) is 0 Å². The smallest absolute Gasteiger partial charge is 0.374 e. The van der Waals surface area contributed by atoms with Crippen LogP contribution in [0, 0.1) is 0 Å². The maximum Gasteiger partial charge on any atom is 0.424 e. The largest absolute Gasteiger partial charge is 0.424 e. The molecule has 0 radical (unpaired) electrons. The highest BCUT2D eigenvalue weighted by atomic mass is 19.4. The number of nitrogens with zero attached hydrogens (tertiary/aromatic N) is 3. The standard InChI is InChI=1S/C27H29F4N3O/c28-20-26(35,27(29,30)31)25-7-5-24(6-8-25)23-3-1-21(2-4-23)11-14-33-15-17-34(18-16-33)19-22-9-12-32-13-10-22/h1-10,12-13,35H,11,14-20H2. The van der Waals surface area contributed by atoms with Crippen LogP contribution in [-0.4, -0.2) is 65.5 Å². The van der Waals surface area contributed by atoms with Gasteiger partial charge in [-0.15, -0.1) is 0 Å². The van der Waals surface area contributed by atoms with Crippen LogP contribution in [-0.2, 0) is 18.6 Å². The van der Waals surface area contributed by atoms with Crippen LogP contribution in [0.1, 0.15) is 16.7 Å². The lowest BCUT2D eigenvalue weighted by atomic mass is 9.92. The van der Waals surface area contributed by atoms with Gasteiger partial charge < -0.3 is 10.0 Å². The molecule has 4 nitrogen and oxygen atoms in total. The third kappa shape index (κ3) is 6.07. The van der Waals surface area contributed by atoms with Crippen LogP contribution >= 0.6 is 0 Å². The zero-order valence-corrected chi connectivity index (χ0v) is 19.4. The SMILES string of the molecule is OC(CF)(c1ccc(-c2ccc(CCN3CCN(Cc4ccncc4)CC3)cc2)cc1)C(F)(F)F. The Hall–Kier alpha value is -2.81. The predicted molar refractivity (Wildman–Crippen MR) is 127 cm³/mol. The molecule has 0 aliphatic carbocycles. The van der Waals surface area contributed by atoms with Crippen LogP contribution < -0.4 is 0 Å². The van der Waals surface area contributed by atoms with Crippen molar-refractivity contribution in [2.75, 3.05) is 39.4 Å². The molecule has 1 aliphatic rings. The van der Waals surface area contributed by atoms with E-state index in [4.69, 9.17) is 0 Å². The molecule has 1 N–H and O–H groups in total. The van der Waals surface area contributed by atoms with Gasteiger partial charge in [-0.05, 0) is 46.4 Å². The third-order valence-electron chi connectivity index (χ3n) is 6.65. The molecule has 0 bridgehead atoms. The van der Waals surface area contributed by atoms with Crippen molar-refractivity contribution in [2.24, 2.45) is 0 Å². The Morgan fingerprint density at radius 3 is 1.83 bits per heavy atom. The summed E-state index contributed by atoms with van der Waals surface area (Å²) < 4.78 is 52.3. The minimum Gasteiger partial charge on any atom is -0.374 e. The van der Waals surface area contributed by atoms with Gasteiger partial charge in [0, 0.05) is 51.7 Å². The first-order valence-corrected chi connectivity index (χ1v) is 11.7. The first-order chi connectivity index (χ1) is 16.8. The Labute approximate surface area is 202 Å². The van der Waals surface area contributed by atoms with Gasteiger partial charge in [-0.25, -0.2) is 4.39 Å². The zero-order valence-electron chi connectivity index (χ0n) is 19.4. The molecule has 8 heteroatoms. The molecule has 2 aromatic carbocycles. The number of aromatic nitrogens is 1. The van der Waals surface area contributed by atoms with Crippen LogP contribution in [0.5, 0.6) is 0 Å². The molecule has 3 aromatic rings. The summed E-state index contributed by atoms with van der Waals surface area (Å²) >= 11 is 0. The van der Waals surface area contributed by atoms with E-state index in [-0.39, 0.29) is 0 Å². The number of rotatable bonds is 8. The molecule has 186 valence electrons. The molecular weight excluding hydrogens is 458 g/mol. The van der Waals surface area contributed by atoms with E-state index in [1.165, 1.54) is 23.3 Å². The fourth-order valence-electron chi connectivity index (χ4n) is 4.32. The number of hydrogen-bond acceptors (Lipinski definition) is 4. The van der Waals surface area contributed by atoms with Gasteiger partial charge in [-0.2, -0.15) is 13.2 Å². The number of aliphatic hydroxyl groups is 1. The zero-order chi connectivity index (χ0) is 24.9. The number of piperazine rings is 1. The highest BCUT2D eigenvalue weighted by molar-refractivity contribution is 5.64. The van der Waals surface area contributed by atoms with Crippen molar-refractivity contribution in [2.45, 2.75) is 24.7 Å². The minimum absolute atomic E-state index is 0.506. The Bertz CT molecular complexity index is 1070. The lowest BCUT2D eigenvalue weighted by Crippen LogP contribution is -2.46. The highest BCUT2D eigenvalue weighted by Gasteiger charge is 2.55. The van der Waals surface area contributed by atoms with E-state index in [9.17, 15) is 22.7 Å². The average Bonchev–Trinajstić information content (AvgIpc) is 2.88. The summed E-state index contributed by atoms with van der Waals surface area (Å²) in [6.45, 7) is 4.10. The van der Waals surface area contributed by atoms with Crippen LogP contribution in [0.2, 0.25) is 0 Å². The van der Waals surface area contributed by atoms with Crippen molar-refractivity contribution in [3.05, 3.63) is 89.7 Å². The van der Waals surface area contributed by atoms with Gasteiger partial charge in [0.1, 0.15) is 6.67 Å². The summed E-state index contributed by atoms with van der Waals surface area (Å²) in [5.74, 6) is 0. The second-order valence-electron chi connectivity index (χ2n) is 8.99. The molecule has 1 saturated heterocycles. The lowest BCUT2D eigenvalue weighted by Gasteiger charge is -2.34. The normalized spacial score (nSPS) is 17.3. The fourth-order valence-corrected chi connectivity index (χ4v) is 4.32. The summed E-state index contributed by atoms with van der Waals surface area (Å²) in [6, 6.07) is 17.2.